The number of anilines is 1. The summed E-state index contributed by atoms with van der Waals surface area (Å²) < 4.78 is 1.69. The van der Waals surface area contributed by atoms with Crippen molar-refractivity contribution in [2.45, 2.75) is 6.54 Å². The first-order chi connectivity index (χ1) is 7.26. The summed E-state index contributed by atoms with van der Waals surface area (Å²) in [6, 6.07) is 4.03. The Labute approximate surface area is 88.1 Å². The van der Waals surface area contributed by atoms with Crippen molar-refractivity contribution in [3.63, 3.8) is 0 Å². The van der Waals surface area contributed by atoms with Gasteiger partial charge in [0.05, 0.1) is 43.7 Å². The van der Waals surface area contributed by atoms with E-state index in [0.717, 1.165) is 0 Å². The molecule has 0 saturated carbocycles. The average molecular weight is 204 g/mol. The molecular weight excluding hydrogens is 192 g/mol. The topological polar surface area (TPSA) is 94.7 Å². The number of rotatable bonds is 5. The van der Waals surface area contributed by atoms with Gasteiger partial charge in [0.15, 0.2) is 0 Å². The van der Waals surface area contributed by atoms with E-state index in [2.05, 4.69) is 5.10 Å². The monoisotopic (exact) mass is 204 g/mol. The first kappa shape index (κ1) is 11.0. The van der Waals surface area contributed by atoms with Crippen molar-refractivity contribution in [1.82, 2.24) is 14.7 Å². The molecule has 0 radical (unpaired) electrons. The van der Waals surface area contributed by atoms with Gasteiger partial charge in [-0.3, -0.25) is 9.58 Å². The molecule has 0 saturated heterocycles. The minimum absolute atomic E-state index is 0.254. The number of nitriles is 2. The van der Waals surface area contributed by atoms with Gasteiger partial charge in [-0.2, -0.15) is 15.6 Å². The van der Waals surface area contributed by atoms with Crippen molar-refractivity contribution in [2.75, 3.05) is 25.4 Å². The van der Waals surface area contributed by atoms with Crippen LogP contribution >= 0.6 is 0 Å². The van der Waals surface area contributed by atoms with Crippen molar-refractivity contribution in [3.8, 4) is 12.1 Å². The van der Waals surface area contributed by atoms with Crippen molar-refractivity contribution < 1.29 is 0 Å². The number of hydrogen-bond donors (Lipinski definition) is 1. The minimum atomic E-state index is 0.254. The maximum Gasteiger partial charge on any atom is 0.0874 e. The summed E-state index contributed by atoms with van der Waals surface area (Å²) in [6.45, 7) is 1.75. The third-order valence-corrected chi connectivity index (χ3v) is 1.89. The van der Waals surface area contributed by atoms with Gasteiger partial charge in [-0.15, -0.1) is 0 Å². The van der Waals surface area contributed by atoms with E-state index in [9.17, 15) is 0 Å². The van der Waals surface area contributed by atoms with Crippen molar-refractivity contribution in [3.05, 3.63) is 12.4 Å². The van der Waals surface area contributed by atoms with Crippen molar-refractivity contribution >= 4 is 5.69 Å². The molecule has 15 heavy (non-hydrogen) atoms. The van der Waals surface area contributed by atoms with Crippen molar-refractivity contribution in [2.24, 2.45) is 0 Å². The fraction of sp³-hybridized carbons (Fsp3) is 0.444. The van der Waals surface area contributed by atoms with E-state index in [1.165, 1.54) is 0 Å². The highest BCUT2D eigenvalue weighted by molar-refractivity contribution is 5.30. The molecule has 1 aromatic heterocycles. The molecule has 0 aromatic carbocycles. The van der Waals surface area contributed by atoms with E-state index in [1.54, 1.807) is 22.0 Å². The lowest BCUT2D eigenvalue weighted by atomic mass is 10.4. The third-order valence-electron chi connectivity index (χ3n) is 1.89. The highest BCUT2D eigenvalue weighted by Crippen LogP contribution is 1.98. The van der Waals surface area contributed by atoms with Crippen LogP contribution in [0.1, 0.15) is 0 Å². The zero-order chi connectivity index (χ0) is 11.1. The summed E-state index contributed by atoms with van der Waals surface area (Å²) in [7, 11) is 0. The minimum Gasteiger partial charge on any atom is -0.396 e. The van der Waals surface area contributed by atoms with Gasteiger partial charge < -0.3 is 5.73 Å². The predicted molar refractivity (Wildman–Crippen MR) is 54.3 cm³/mol. The zero-order valence-electron chi connectivity index (χ0n) is 8.30. The Bertz CT molecular complexity index is 366. The summed E-state index contributed by atoms with van der Waals surface area (Å²) in [5.41, 5.74) is 6.11. The zero-order valence-corrected chi connectivity index (χ0v) is 8.30. The molecule has 1 rings (SSSR count). The van der Waals surface area contributed by atoms with E-state index in [4.69, 9.17) is 16.3 Å². The van der Waals surface area contributed by atoms with Gasteiger partial charge in [0.2, 0.25) is 0 Å². The molecule has 0 aliphatic heterocycles. The third kappa shape index (κ3) is 3.67. The Hall–Kier alpha value is -2.05. The van der Waals surface area contributed by atoms with Gasteiger partial charge in [0.25, 0.3) is 0 Å². The van der Waals surface area contributed by atoms with E-state index in [-0.39, 0.29) is 13.1 Å². The van der Waals surface area contributed by atoms with Crippen LogP contribution < -0.4 is 5.73 Å². The lowest BCUT2D eigenvalue weighted by Crippen LogP contribution is -2.28. The molecule has 2 N–H and O–H groups in total. The number of aromatic nitrogens is 2. The molecule has 0 spiro atoms. The van der Waals surface area contributed by atoms with Crippen LogP contribution in [0.4, 0.5) is 5.69 Å². The summed E-state index contributed by atoms with van der Waals surface area (Å²) in [4.78, 5) is 1.75. The largest absolute Gasteiger partial charge is 0.396 e. The second-order valence-electron chi connectivity index (χ2n) is 3.06. The van der Waals surface area contributed by atoms with Crippen LogP contribution in [-0.4, -0.2) is 34.3 Å². The molecule has 0 unspecified atom stereocenters. The van der Waals surface area contributed by atoms with E-state index in [1.807, 2.05) is 12.1 Å². The standard InChI is InChI=1S/C9H12N6/c10-1-3-14(4-2-11)5-6-15-8-9(12)7-13-15/h7-8H,3-6,12H2. The number of nitrogens with zero attached hydrogens (tertiary/aromatic N) is 5. The maximum atomic E-state index is 8.52. The highest BCUT2D eigenvalue weighted by atomic mass is 15.3. The summed E-state index contributed by atoms with van der Waals surface area (Å²) in [6.07, 6.45) is 3.29. The van der Waals surface area contributed by atoms with Gasteiger partial charge in [-0.25, -0.2) is 0 Å². The Morgan fingerprint density at radius 3 is 2.53 bits per heavy atom. The summed E-state index contributed by atoms with van der Waals surface area (Å²) in [5, 5.41) is 21.0. The van der Waals surface area contributed by atoms with Gasteiger partial charge in [0.1, 0.15) is 0 Å². The van der Waals surface area contributed by atoms with Gasteiger partial charge in [-0.1, -0.05) is 0 Å². The molecule has 6 heteroatoms. The quantitative estimate of drug-likeness (QED) is 0.671. The molecule has 0 aliphatic rings. The fourth-order valence-electron chi connectivity index (χ4n) is 1.16. The highest BCUT2D eigenvalue weighted by Gasteiger charge is 2.03. The smallest absolute Gasteiger partial charge is 0.0874 e. The summed E-state index contributed by atoms with van der Waals surface area (Å²) >= 11 is 0. The lowest BCUT2D eigenvalue weighted by Gasteiger charge is -2.14. The summed E-state index contributed by atoms with van der Waals surface area (Å²) in [5.74, 6) is 0. The Morgan fingerprint density at radius 2 is 2.07 bits per heavy atom. The second-order valence-corrected chi connectivity index (χ2v) is 3.06. The van der Waals surface area contributed by atoms with Crippen LogP contribution in [0, 0.1) is 22.7 Å². The molecule has 0 atom stereocenters. The van der Waals surface area contributed by atoms with Gasteiger partial charge >= 0.3 is 0 Å². The molecule has 6 nitrogen and oxygen atoms in total. The van der Waals surface area contributed by atoms with Gasteiger partial charge in [-0.05, 0) is 0 Å². The fourth-order valence-corrected chi connectivity index (χ4v) is 1.16. The van der Waals surface area contributed by atoms with Gasteiger partial charge in [0, 0.05) is 12.7 Å². The van der Waals surface area contributed by atoms with Crippen LogP contribution in [0.2, 0.25) is 0 Å². The Morgan fingerprint density at radius 1 is 1.40 bits per heavy atom. The average Bonchev–Trinajstić information content (AvgIpc) is 2.61. The molecule has 1 aromatic rings. The number of nitrogen functional groups attached to an aromatic ring is 1. The van der Waals surface area contributed by atoms with Crippen LogP contribution in [0.15, 0.2) is 12.4 Å². The predicted octanol–water partition coefficient (Wildman–Crippen LogP) is -0.186. The van der Waals surface area contributed by atoms with E-state index < -0.39 is 0 Å². The Balaban J connectivity index is 2.40. The SMILES string of the molecule is N#CCN(CC#N)CCn1cc(N)cn1. The maximum absolute atomic E-state index is 8.52. The molecule has 0 bridgehead atoms. The number of nitrogens with two attached hydrogens (primary N) is 1. The Kier molecular flexibility index (Phi) is 4.14. The molecule has 0 fully saturated rings. The molecule has 0 aliphatic carbocycles. The molecule has 1 heterocycles. The lowest BCUT2D eigenvalue weighted by molar-refractivity contribution is 0.318. The second kappa shape index (κ2) is 5.63. The van der Waals surface area contributed by atoms with Crippen LogP contribution in [-0.2, 0) is 6.54 Å². The normalized spacial score (nSPS) is 9.80. The first-order valence-electron chi connectivity index (χ1n) is 4.50. The molecule has 0 amide bonds. The van der Waals surface area contributed by atoms with E-state index in [0.29, 0.717) is 18.8 Å². The van der Waals surface area contributed by atoms with Crippen LogP contribution in [0.25, 0.3) is 0 Å². The van der Waals surface area contributed by atoms with Crippen LogP contribution in [0.5, 0.6) is 0 Å². The number of hydrogen-bond acceptors (Lipinski definition) is 5. The molecular formula is C9H12N6. The van der Waals surface area contributed by atoms with E-state index >= 15 is 0 Å². The molecule has 78 valence electrons. The van der Waals surface area contributed by atoms with Crippen molar-refractivity contribution in [1.29, 1.82) is 10.5 Å². The first-order valence-corrected chi connectivity index (χ1v) is 4.50. The van der Waals surface area contributed by atoms with Crippen LogP contribution in [0.3, 0.4) is 0 Å².